The number of nitrogens with one attached hydrogen (secondary N) is 1. The van der Waals surface area contributed by atoms with E-state index in [1.807, 2.05) is 22.8 Å². The lowest BCUT2D eigenvalue weighted by atomic mass is 10.1. The maximum atomic E-state index is 13.5. The Labute approximate surface area is 209 Å². The lowest BCUT2D eigenvalue weighted by Gasteiger charge is -2.13. The minimum Gasteiger partial charge on any atom is -0.497 e. The molecule has 2 aromatic heterocycles. The van der Waals surface area contributed by atoms with Crippen molar-refractivity contribution < 1.29 is 9.53 Å². The average Bonchev–Trinajstić information content (AvgIpc) is 3.42. The number of carbonyl (C=O) groups is 1. The van der Waals surface area contributed by atoms with Gasteiger partial charge < -0.3 is 10.1 Å². The van der Waals surface area contributed by atoms with Crippen LogP contribution in [0, 0.1) is 0 Å². The van der Waals surface area contributed by atoms with E-state index in [1.54, 1.807) is 24.5 Å². The van der Waals surface area contributed by atoms with Crippen molar-refractivity contribution >= 4 is 44.9 Å². The highest BCUT2D eigenvalue weighted by Crippen LogP contribution is 2.35. The van der Waals surface area contributed by atoms with Crippen LogP contribution < -0.4 is 15.6 Å². The molecule has 0 unspecified atom stereocenters. The summed E-state index contributed by atoms with van der Waals surface area (Å²) in [5, 5.41) is 4.37. The molecule has 4 rings (SSSR count). The van der Waals surface area contributed by atoms with Gasteiger partial charge in [-0.25, -0.2) is 4.98 Å². The Balaban J connectivity index is 1.50. The molecule has 0 atom stereocenters. The second kappa shape index (κ2) is 11.9. The molecular formula is C26H33N3O3S2. The molecule has 0 saturated carbocycles. The summed E-state index contributed by atoms with van der Waals surface area (Å²) in [5.74, 6) is 0.750. The zero-order valence-corrected chi connectivity index (χ0v) is 21.7. The van der Waals surface area contributed by atoms with Gasteiger partial charge in [0.1, 0.15) is 10.6 Å². The van der Waals surface area contributed by atoms with Crippen molar-refractivity contribution in [3.05, 3.63) is 45.1 Å². The first-order chi connectivity index (χ1) is 16.6. The number of aromatic nitrogens is 2. The molecule has 0 saturated heterocycles. The number of anilines is 1. The van der Waals surface area contributed by atoms with Gasteiger partial charge in [-0.05, 0) is 43.4 Å². The van der Waals surface area contributed by atoms with E-state index in [0.29, 0.717) is 23.1 Å². The Morgan fingerprint density at radius 1 is 1.21 bits per heavy atom. The van der Waals surface area contributed by atoms with Crippen molar-refractivity contribution in [2.24, 2.45) is 0 Å². The Kier molecular flexibility index (Phi) is 8.67. The summed E-state index contributed by atoms with van der Waals surface area (Å²) in [5.41, 5.74) is 1.96. The molecule has 0 bridgehead atoms. The smallest absolute Gasteiger partial charge is 0.263 e. The van der Waals surface area contributed by atoms with E-state index in [2.05, 4.69) is 12.2 Å². The number of carbonyl (C=O) groups excluding carboxylic acids is 1. The van der Waals surface area contributed by atoms with Gasteiger partial charge in [-0.3, -0.25) is 14.2 Å². The number of fused-ring (bicyclic) bond motifs is 3. The summed E-state index contributed by atoms with van der Waals surface area (Å²) in [7, 11) is 1.60. The second-order valence-corrected chi connectivity index (χ2v) is 10.8. The molecule has 1 amide bonds. The number of ether oxygens (including phenoxy) is 1. The molecule has 6 nitrogen and oxygen atoms in total. The Hall–Kier alpha value is -2.32. The van der Waals surface area contributed by atoms with Crippen LogP contribution in [0.3, 0.4) is 0 Å². The Morgan fingerprint density at radius 2 is 2.03 bits per heavy atom. The Bertz CT molecular complexity index is 1200. The topological polar surface area (TPSA) is 73.2 Å². The van der Waals surface area contributed by atoms with Gasteiger partial charge in [0.2, 0.25) is 5.91 Å². The third kappa shape index (κ3) is 5.84. The van der Waals surface area contributed by atoms with Crippen molar-refractivity contribution in [1.29, 1.82) is 0 Å². The molecule has 0 fully saturated rings. The van der Waals surface area contributed by atoms with Gasteiger partial charge in [0.05, 0.1) is 18.2 Å². The molecule has 0 aliphatic heterocycles. The third-order valence-electron chi connectivity index (χ3n) is 6.21. The lowest BCUT2D eigenvalue weighted by Crippen LogP contribution is -2.24. The average molecular weight is 500 g/mol. The van der Waals surface area contributed by atoms with Crippen LogP contribution >= 0.6 is 23.1 Å². The Morgan fingerprint density at radius 3 is 2.85 bits per heavy atom. The molecule has 182 valence electrons. The van der Waals surface area contributed by atoms with E-state index in [4.69, 9.17) is 9.72 Å². The van der Waals surface area contributed by atoms with Crippen LogP contribution in [-0.4, -0.2) is 28.3 Å². The number of benzene rings is 1. The summed E-state index contributed by atoms with van der Waals surface area (Å²) < 4.78 is 7.04. The van der Waals surface area contributed by atoms with Gasteiger partial charge in [0, 0.05) is 23.2 Å². The first kappa shape index (κ1) is 24.8. The number of amides is 1. The summed E-state index contributed by atoms with van der Waals surface area (Å²) in [6.07, 6.45) is 10.1. The zero-order valence-electron chi connectivity index (χ0n) is 20.0. The summed E-state index contributed by atoms with van der Waals surface area (Å²) in [6, 6.07) is 7.29. The van der Waals surface area contributed by atoms with Gasteiger partial charge in [0.25, 0.3) is 5.56 Å². The van der Waals surface area contributed by atoms with E-state index >= 15 is 0 Å². The molecule has 2 heterocycles. The second-order valence-electron chi connectivity index (χ2n) is 8.73. The number of unbranched alkanes of at least 4 members (excludes halogenated alkanes) is 5. The first-order valence-electron chi connectivity index (χ1n) is 12.2. The number of thioether (sulfide) groups is 1. The van der Waals surface area contributed by atoms with Gasteiger partial charge in [0.15, 0.2) is 5.16 Å². The fourth-order valence-electron chi connectivity index (χ4n) is 4.44. The van der Waals surface area contributed by atoms with Crippen LogP contribution in [0.25, 0.3) is 10.2 Å². The van der Waals surface area contributed by atoms with Crippen LogP contribution in [0.1, 0.15) is 62.3 Å². The fraction of sp³-hybridized carbons (Fsp3) is 0.500. The van der Waals surface area contributed by atoms with E-state index in [0.717, 1.165) is 42.3 Å². The molecule has 3 aromatic rings. The van der Waals surface area contributed by atoms with Gasteiger partial charge in [-0.15, -0.1) is 11.3 Å². The number of aryl methyl sites for hydroxylation is 2. The van der Waals surface area contributed by atoms with Crippen LogP contribution in [0.5, 0.6) is 5.75 Å². The lowest BCUT2D eigenvalue weighted by molar-refractivity contribution is -0.113. The van der Waals surface area contributed by atoms with Crippen molar-refractivity contribution in [3.8, 4) is 5.75 Å². The zero-order chi connectivity index (χ0) is 23.9. The van der Waals surface area contributed by atoms with Gasteiger partial charge in [-0.2, -0.15) is 0 Å². The molecule has 1 aromatic carbocycles. The predicted molar refractivity (Wildman–Crippen MR) is 142 cm³/mol. The largest absolute Gasteiger partial charge is 0.497 e. The van der Waals surface area contributed by atoms with Gasteiger partial charge in [-0.1, -0.05) is 56.9 Å². The molecular weight excluding hydrogens is 466 g/mol. The standard InChI is InChI=1S/C26H33N3O3S2/c1-3-4-5-6-7-8-15-29-25(31)23-20-13-10-14-21(20)34-24(23)28-26(29)33-17-22(30)27-18-11-9-12-19(16-18)32-2/h9,11-12,16H,3-8,10,13-15,17H2,1-2H3,(H,27,30). The molecule has 1 aliphatic carbocycles. The van der Waals surface area contributed by atoms with Crippen molar-refractivity contribution in [2.75, 3.05) is 18.2 Å². The number of methoxy groups -OCH3 is 1. The SMILES string of the molecule is CCCCCCCCn1c(SCC(=O)Nc2cccc(OC)c2)nc2sc3c(c2c1=O)CCC3. The number of nitrogens with zero attached hydrogens (tertiary/aromatic N) is 2. The fourth-order valence-corrected chi connectivity index (χ4v) is 6.57. The normalized spacial score (nSPS) is 12.8. The van der Waals surface area contributed by atoms with Gasteiger partial charge >= 0.3 is 0 Å². The molecule has 8 heteroatoms. The summed E-state index contributed by atoms with van der Waals surface area (Å²) >= 11 is 2.99. The minimum absolute atomic E-state index is 0.0636. The quantitative estimate of drug-likeness (QED) is 0.187. The molecule has 0 radical (unpaired) electrons. The van der Waals surface area contributed by atoms with Crippen LogP contribution in [-0.2, 0) is 24.2 Å². The molecule has 0 spiro atoms. The van der Waals surface area contributed by atoms with E-state index in [1.165, 1.54) is 47.9 Å². The third-order valence-corrected chi connectivity index (χ3v) is 8.37. The van der Waals surface area contributed by atoms with Crippen molar-refractivity contribution in [3.63, 3.8) is 0 Å². The van der Waals surface area contributed by atoms with E-state index in [9.17, 15) is 9.59 Å². The van der Waals surface area contributed by atoms with E-state index in [-0.39, 0.29) is 17.2 Å². The first-order valence-corrected chi connectivity index (χ1v) is 14.0. The van der Waals surface area contributed by atoms with Crippen LogP contribution in [0.15, 0.2) is 34.2 Å². The van der Waals surface area contributed by atoms with E-state index < -0.39 is 0 Å². The number of thiophene rings is 1. The summed E-state index contributed by atoms with van der Waals surface area (Å²) in [6.45, 7) is 2.87. The highest BCUT2D eigenvalue weighted by atomic mass is 32.2. The summed E-state index contributed by atoms with van der Waals surface area (Å²) in [4.78, 5) is 33.2. The monoisotopic (exact) mass is 499 g/mol. The van der Waals surface area contributed by atoms with Crippen molar-refractivity contribution in [1.82, 2.24) is 9.55 Å². The number of hydrogen-bond donors (Lipinski definition) is 1. The number of hydrogen-bond acceptors (Lipinski definition) is 6. The molecule has 1 aliphatic rings. The van der Waals surface area contributed by atoms with Crippen LogP contribution in [0.2, 0.25) is 0 Å². The highest BCUT2D eigenvalue weighted by molar-refractivity contribution is 7.99. The maximum Gasteiger partial charge on any atom is 0.263 e. The predicted octanol–water partition coefficient (Wildman–Crippen LogP) is 6.05. The maximum absolute atomic E-state index is 13.5. The molecule has 34 heavy (non-hydrogen) atoms. The highest BCUT2D eigenvalue weighted by Gasteiger charge is 2.23. The number of rotatable bonds is 12. The minimum atomic E-state index is -0.132. The van der Waals surface area contributed by atoms with Crippen molar-refractivity contribution in [2.45, 2.75) is 76.4 Å². The van der Waals surface area contributed by atoms with Crippen LogP contribution in [0.4, 0.5) is 5.69 Å². The molecule has 1 N–H and O–H groups in total.